The predicted molar refractivity (Wildman–Crippen MR) is 57.6 cm³/mol. The Hall–Kier alpha value is -1.07. The topological polar surface area (TPSA) is 12.5 Å². The molecule has 0 aromatic heterocycles. The van der Waals surface area contributed by atoms with Crippen molar-refractivity contribution in [2.45, 2.75) is 12.3 Å². The van der Waals surface area contributed by atoms with Crippen LogP contribution >= 0.6 is 0 Å². The molecule has 1 heterocycles. The van der Waals surface area contributed by atoms with Crippen LogP contribution in [0.15, 0.2) is 24.3 Å². The number of halogens is 3. The highest BCUT2D eigenvalue weighted by atomic mass is 19.4. The standard InChI is InChI=1S/C12H14F3NO/c1-16-5-6-17-11(8-16)9-3-2-4-10(7-9)12(13,14)15/h2-4,7,11H,5-6,8H2,1H3. The largest absolute Gasteiger partial charge is 0.416 e. The average molecular weight is 245 g/mol. The Bertz CT molecular complexity index is 392. The van der Waals surface area contributed by atoms with Crippen LogP contribution in [-0.4, -0.2) is 31.6 Å². The molecule has 0 spiro atoms. The van der Waals surface area contributed by atoms with E-state index in [4.69, 9.17) is 4.74 Å². The fraction of sp³-hybridized carbons (Fsp3) is 0.500. The Labute approximate surface area is 98.0 Å². The summed E-state index contributed by atoms with van der Waals surface area (Å²) in [4.78, 5) is 2.05. The number of ether oxygens (including phenoxy) is 1. The van der Waals surface area contributed by atoms with Crippen LogP contribution in [0.2, 0.25) is 0 Å². The maximum Gasteiger partial charge on any atom is 0.416 e. The minimum absolute atomic E-state index is 0.268. The lowest BCUT2D eigenvalue weighted by Crippen LogP contribution is -2.35. The molecule has 2 rings (SSSR count). The van der Waals surface area contributed by atoms with E-state index in [1.54, 1.807) is 6.07 Å². The molecule has 1 atom stereocenters. The third-order valence-corrected chi connectivity index (χ3v) is 2.86. The monoisotopic (exact) mass is 245 g/mol. The molecule has 2 nitrogen and oxygen atoms in total. The van der Waals surface area contributed by atoms with E-state index in [0.717, 1.165) is 12.6 Å². The molecule has 17 heavy (non-hydrogen) atoms. The molecule has 1 aromatic carbocycles. The van der Waals surface area contributed by atoms with Crippen molar-refractivity contribution in [3.8, 4) is 0 Å². The Morgan fingerprint density at radius 1 is 1.35 bits per heavy atom. The first-order valence-electron chi connectivity index (χ1n) is 5.44. The van der Waals surface area contributed by atoms with Crippen molar-refractivity contribution in [2.24, 2.45) is 0 Å². The van der Waals surface area contributed by atoms with Gasteiger partial charge in [0.15, 0.2) is 0 Å². The van der Waals surface area contributed by atoms with E-state index in [0.29, 0.717) is 18.7 Å². The highest BCUT2D eigenvalue weighted by molar-refractivity contribution is 5.27. The third kappa shape index (κ3) is 2.98. The number of hydrogen-bond acceptors (Lipinski definition) is 2. The number of alkyl halides is 3. The molecular formula is C12H14F3NO. The number of likely N-dealkylation sites (N-methyl/N-ethyl adjacent to an activating group) is 1. The van der Waals surface area contributed by atoms with Gasteiger partial charge in [0.2, 0.25) is 0 Å². The van der Waals surface area contributed by atoms with Crippen molar-refractivity contribution >= 4 is 0 Å². The average Bonchev–Trinajstić information content (AvgIpc) is 2.28. The van der Waals surface area contributed by atoms with Gasteiger partial charge < -0.3 is 9.64 Å². The molecule has 1 aromatic rings. The fourth-order valence-electron chi connectivity index (χ4n) is 1.89. The van der Waals surface area contributed by atoms with E-state index >= 15 is 0 Å². The molecule has 1 aliphatic rings. The molecule has 1 fully saturated rings. The molecule has 0 radical (unpaired) electrons. The van der Waals surface area contributed by atoms with E-state index in [1.807, 2.05) is 7.05 Å². The summed E-state index contributed by atoms with van der Waals surface area (Å²) < 4.78 is 43.2. The van der Waals surface area contributed by atoms with Gasteiger partial charge in [-0.15, -0.1) is 0 Å². The van der Waals surface area contributed by atoms with Crippen molar-refractivity contribution in [1.29, 1.82) is 0 Å². The SMILES string of the molecule is CN1CCOC(c2cccc(C(F)(F)F)c2)C1. The van der Waals surface area contributed by atoms with Gasteiger partial charge in [-0.1, -0.05) is 12.1 Å². The van der Waals surface area contributed by atoms with Crippen LogP contribution in [0.3, 0.4) is 0 Å². The summed E-state index contributed by atoms with van der Waals surface area (Å²) >= 11 is 0. The summed E-state index contributed by atoms with van der Waals surface area (Å²) in [7, 11) is 1.93. The zero-order chi connectivity index (χ0) is 12.5. The van der Waals surface area contributed by atoms with Crippen LogP contribution < -0.4 is 0 Å². The molecule has 1 saturated heterocycles. The van der Waals surface area contributed by atoms with Gasteiger partial charge in [0.1, 0.15) is 0 Å². The Morgan fingerprint density at radius 2 is 2.12 bits per heavy atom. The molecule has 0 bridgehead atoms. The quantitative estimate of drug-likeness (QED) is 0.754. The molecule has 94 valence electrons. The normalized spacial score (nSPS) is 22.7. The highest BCUT2D eigenvalue weighted by Crippen LogP contribution is 2.32. The summed E-state index contributed by atoms with van der Waals surface area (Å²) in [5, 5.41) is 0. The summed E-state index contributed by atoms with van der Waals surface area (Å²) in [6.45, 7) is 1.99. The lowest BCUT2D eigenvalue weighted by molar-refractivity contribution is -0.137. The first-order chi connectivity index (χ1) is 7.97. The number of hydrogen-bond donors (Lipinski definition) is 0. The predicted octanol–water partition coefficient (Wildman–Crippen LogP) is 2.71. The molecule has 0 saturated carbocycles. The van der Waals surface area contributed by atoms with E-state index in [-0.39, 0.29) is 6.10 Å². The first-order valence-corrected chi connectivity index (χ1v) is 5.44. The molecule has 0 N–H and O–H groups in total. The zero-order valence-electron chi connectivity index (χ0n) is 9.50. The molecule has 1 unspecified atom stereocenters. The number of benzene rings is 1. The van der Waals surface area contributed by atoms with Gasteiger partial charge in [-0.3, -0.25) is 0 Å². The Morgan fingerprint density at radius 3 is 2.76 bits per heavy atom. The van der Waals surface area contributed by atoms with Gasteiger partial charge in [-0.2, -0.15) is 13.2 Å². The molecule has 0 amide bonds. The van der Waals surface area contributed by atoms with Gasteiger partial charge in [0.25, 0.3) is 0 Å². The van der Waals surface area contributed by atoms with E-state index in [1.165, 1.54) is 12.1 Å². The summed E-state index contributed by atoms with van der Waals surface area (Å²) in [6, 6.07) is 5.36. The molecule has 0 aliphatic carbocycles. The minimum atomic E-state index is -4.30. The van der Waals surface area contributed by atoms with Gasteiger partial charge in [-0.05, 0) is 24.7 Å². The molecule has 5 heteroatoms. The van der Waals surface area contributed by atoms with Crippen LogP contribution in [0, 0.1) is 0 Å². The number of rotatable bonds is 1. The van der Waals surface area contributed by atoms with Crippen LogP contribution in [-0.2, 0) is 10.9 Å². The summed E-state index contributed by atoms with van der Waals surface area (Å²) in [6.07, 6.45) is -4.56. The van der Waals surface area contributed by atoms with Crippen molar-refractivity contribution in [2.75, 3.05) is 26.7 Å². The van der Waals surface area contributed by atoms with Crippen molar-refractivity contribution in [1.82, 2.24) is 4.90 Å². The van der Waals surface area contributed by atoms with Gasteiger partial charge in [-0.25, -0.2) is 0 Å². The smallest absolute Gasteiger partial charge is 0.371 e. The van der Waals surface area contributed by atoms with E-state index in [9.17, 15) is 13.2 Å². The second-order valence-electron chi connectivity index (χ2n) is 4.24. The summed E-state index contributed by atoms with van der Waals surface area (Å²) in [5.41, 5.74) is -0.0294. The Balaban J connectivity index is 2.21. The maximum absolute atomic E-state index is 12.6. The summed E-state index contributed by atoms with van der Waals surface area (Å²) in [5.74, 6) is 0. The minimum Gasteiger partial charge on any atom is -0.371 e. The maximum atomic E-state index is 12.6. The zero-order valence-corrected chi connectivity index (χ0v) is 9.50. The van der Waals surface area contributed by atoms with Gasteiger partial charge in [0.05, 0.1) is 18.3 Å². The van der Waals surface area contributed by atoms with Crippen molar-refractivity contribution < 1.29 is 17.9 Å². The van der Waals surface area contributed by atoms with Crippen LogP contribution in [0.5, 0.6) is 0 Å². The van der Waals surface area contributed by atoms with E-state index in [2.05, 4.69) is 4.90 Å². The van der Waals surface area contributed by atoms with Crippen LogP contribution in [0.4, 0.5) is 13.2 Å². The Kier molecular flexibility index (Phi) is 3.40. The van der Waals surface area contributed by atoms with Crippen molar-refractivity contribution in [3.05, 3.63) is 35.4 Å². The second kappa shape index (κ2) is 4.66. The lowest BCUT2D eigenvalue weighted by atomic mass is 10.0. The molecule has 1 aliphatic heterocycles. The molecular weight excluding hydrogens is 231 g/mol. The number of nitrogens with zero attached hydrogens (tertiary/aromatic N) is 1. The second-order valence-corrected chi connectivity index (χ2v) is 4.24. The first kappa shape index (κ1) is 12.4. The highest BCUT2D eigenvalue weighted by Gasteiger charge is 2.31. The number of morpholine rings is 1. The van der Waals surface area contributed by atoms with Crippen molar-refractivity contribution in [3.63, 3.8) is 0 Å². The van der Waals surface area contributed by atoms with E-state index < -0.39 is 11.7 Å². The third-order valence-electron chi connectivity index (χ3n) is 2.86. The fourth-order valence-corrected chi connectivity index (χ4v) is 1.89. The van der Waals surface area contributed by atoms with Crippen LogP contribution in [0.25, 0.3) is 0 Å². The van der Waals surface area contributed by atoms with Crippen LogP contribution in [0.1, 0.15) is 17.2 Å². The van der Waals surface area contributed by atoms with Gasteiger partial charge >= 0.3 is 6.18 Å². The van der Waals surface area contributed by atoms with Gasteiger partial charge in [0, 0.05) is 13.1 Å². The lowest BCUT2D eigenvalue weighted by Gasteiger charge is -2.30.